The van der Waals surface area contributed by atoms with E-state index < -0.39 is 5.97 Å². The molecule has 1 aromatic carbocycles. The maximum atomic E-state index is 11.6. The van der Waals surface area contributed by atoms with Crippen molar-refractivity contribution < 1.29 is 14.3 Å². The summed E-state index contributed by atoms with van der Waals surface area (Å²) in [5, 5.41) is 0. The Morgan fingerprint density at radius 1 is 1.39 bits per heavy atom. The lowest BCUT2D eigenvalue weighted by Crippen LogP contribution is -2.24. The Bertz CT molecular complexity index is 543. The number of halogens is 1. The van der Waals surface area contributed by atoms with E-state index in [0.717, 1.165) is 0 Å². The molecule has 0 saturated heterocycles. The molecule has 0 bridgehead atoms. The van der Waals surface area contributed by atoms with Crippen LogP contribution in [0, 0.1) is 11.8 Å². The van der Waals surface area contributed by atoms with Crippen molar-refractivity contribution in [3.05, 3.63) is 28.2 Å². The van der Waals surface area contributed by atoms with Gasteiger partial charge in [-0.25, -0.2) is 4.79 Å². The Balaban J connectivity index is 3.08. The summed E-state index contributed by atoms with van der Waals surface area (Å²) >= 11 is 3.31. The maximum absolute atomic E-state index is 11.6. The molecular formula is C13H12BrNO3. The number of nitrogens with zero attached hydrogens (tertiary/aromatic N) is 1. The highest BCUT2D eigenvalue weighted by atomic mass is 79.9. The van der Waals surface area contributed by atoms with Gasteiger partial charge < -0.3 is 9.64 Å². The highest BCUT2D eigenvalue weighted by Crippen LogP contribution is 2.26. The topological polar surface area (TPSA) is 46.6 Å². The molecule has 5 heteroatoms. The van der Waals surface area contributed by atoms with Crippen LogP contribution in [0.4, 0.5) is 5.69 Å². The van der Waals surface area contributed by atoms with Gasteiger partial charge in [-0.05, 0) is 47.0 Å². The van der Waals surface area contributed by atoms with Gasteiger partial charge in [0, 0.05) is 11.5 Å². The van der Waals surface area contributed by atoms with Crippen molar-refractivity contribution in [2.45, 2.75) is 6.92 Å². The second kappa shape index (κ2) is 6.22. The van der Waals surface area contributed by atoms with Crippen molar-refractivity contribution in [1.82, 2.24) is 0 Å². The third-order valence-electron chi connectivity index (χ3n) is 2.27. The summed E-state index contributed by atoms with van der Waals surface area (Å²) in [7, 11) is 2.93. The Kier molecular flexibility index (Phi) is 4.93. The number of anilines is 1. The standard InChI is InChI=1S/C13H12BrNO3/c1-4-5-12(16)15(2)11-7-6-9(8-10(11)14)13(17)18-3/h6-8H,1-3H3. The predicted molar refractivity (Wildman–Crippen MR) is 72.3 cm³/mol. The van der Waals surface area contributed by atoms with E-state index in [4.69, 9.17) is 0 Å². The van der Waals surface area contributed by atoms with Crippen LogP contribution in [0.15, 0.2) is 22.7 Å². The van der Waals surface area contributed by atoms with E-state index in [1.165, 1.54) is 12.0 Å². The van der Waals surface area contributed by atoms with Gasteiger partial charge in [0.1, 0.15) is 0 Å². The molecule has 0 aliphatic rings. The van der Waals surface area contributed by atoms with Gasteiger partial charge in [-0.1, -0.05) is 5.92 Å². The van der Waals surface area contributed by atoms with Gasteiger partial charge in [0.25, 0.3) is 0 Å². The Morgan fingerprint density at radius 2 is 2.06 bits per heavy atom. The summed E-state index contributed by atoms with van der Waals surface area (Å²) in [6.45, 7) is 1.60. The average molecular weight is 310 g/mol. The van der Waals surface area contributed by atoms with Crippen molar-refractivity contribution in [1.29, 1.82) is 0 Å². The molecule has 18 heavy (non-hydrogen) atoms. The molecule has 1 amide bonds. The number of carbonyl (C=O) groups excluding carboxylic acids is 2. The van der Waals surface area contributed by atoms with Crippen LogP contribution < -0.4 is 4.90 Å². The Labute approximate surface area is 114 Å². The minimum Gasteiger partial charge on any atom is -0.465 e. The highest BCUT2D eigenvalue weighted by molar-refractivity contribution is 9.10. The minimum atomic E-state index is -0.426. The molecule has 0 spiro atoms. The predicted octanol–water partition coefficient (Wildman–Crippen LogP) is 2.22. The number of amides is 1. The molecule has 0 aromatic heterocycles. The third kappa shape index (κ3) is 3.11. The largest absolute Gasteiger partial charge is 0.465 e. The average Bonchev–Trinajstić information content (AvgIpc) is 2.37. The molecule has 1 aromatic rings. The fourth-order valence-electron chi connectivity index (χ4n) is 1.32. The Morgan fingerprint density at radius 3 is 2.56 bits per heavy atom. The first-order chi connectivity index (χ1) is 8.51. The molecule has 0 aliphatic carbocycles. The minimum absolute atomic E-state index is 0.316. The van der Waals surface area contributed by atoms with Gasteiger partial charge in [-0.2, -0.15) is 0 Å². The van der Waals surface area contributed by atoms with E-state index in [2.05, 4.69) is 32.5 Å². The van der Waals surface area contributed by atoms with Crippen LogP contribution >= 0.6 is 15.9 Å². The zero-order chi connectivity index (χ0) is 13.7. The fourth-order valence-corrected chi connectivity index (χ4v) is 1.97. The molecule has 0 N–H and O–H groups in total. The van der Waals surface area contributed by atoms with Crippen LogP contribution in [0.3, 0.4) is 0 Å². The molecule has 0 fully saturated rings. The summed E-state index contributed by atoms with van der Waals surface area (Å²) in [6, 6.07) is 4.85. The molecule has 4 nitrogen and oxygen atoms in total. The molecule has 0 aliphatic heterocycles. The number of methoxy groups -OCH3 is 1. The van der Waals surface area contributed by atoms with Crippen LogP contribution in [0.1, 0.15) is 17.3 Å². The number of hydrogen-bond donors (Lipinski definition) is 0. The molecule has 0 atom stereocenters. The zero-order valence-electron chi connectivity index (χ0n) is 10.3. The van der Waals surface area contributed by atoms with Gasteiger partial charge >= 0.3 is 11.9 Å². The van der Waals surface area contributed by atoms with Gasteiger partial charge in [0.2, 0.25) is 0 Å². The van der Waals surface area contributed by atoms with Crippen LogP contribution in [-0.2, 0) is 9.53 Å². The van der Waals surface area contributed by atoms with Crippen LogP contribution in [0.2, 0.25) is 0 Å². The number of esters is 1. The summed E-state index contributed by atoms with van der Waals surface area (Å²) in [5.74, 6) is 4.25. The van der Waals surface area contributed by atoms with E-state index in [0.29, 0.717) is 15.7 Å². The molecule has 0 saturated carbocycles. The number of hydrogen-bond acceptors (Lipinski definition) is 3. The van der Waals surface area contributed by atoms with Crippen molar-refractivity contribution in [2.24, 2.45) is 0 Å². The van der Waals surface area contributed by atoms with Gasteiger partial charge in [-0.15, -0.1) is 0 Å². The first-order valence-corrected chi connectivity index (χ1v) is 5.89. The number of ether oxygens (including phenoxy) is 1. The number of rotatable bonds is 2. The van der Waals surface area contributed by atoms with E-state index in [1.54, 1.807) is 32.2 Å². The summed E-state index contributed by atoms with van der Waals surface area (Å²) < 4.78 is 5.24. The van der Waals surface area contributed by atoms with E-state index in [9.17, 15) is 9.59 Å². The third-order valence-corrected chi connectivity index (χ3v) is 2.90. The maximum Gasteiger partial charge on any atom is 0.337 e. The van der Waals surface area contributed by atoms with Crippen LogP contribution in [-0.4, -0.2) is 26.0 Å². The second-order valence-electron chi connectivity index (χ2n) is 3.40. The highest BCUT2D eigenvalue weighted by Gasteiger charge is 2.14. The smallest absolute Gasteiger partial charge is 0.337 e. The lowest BCUT2D eigenvalue weighted by atomic mass is 10.2. The van der Waals surface area contributed by atoms with Crippen molar-refractivity contribution in [2.75, 3.05) is 19.1 Å². The number of benzene rings is 1. The molecule has 0 radical (unpaired) electrons. The summed E-state index contributed by atoms with van der Waals surface area (Å²) in [4.78, 5) is 24.4. The van der Waals surface area contributed by atoms with E-state index >= 15 is 0 Å². The van der Waals surface area contributed by atoms with E-state index in [1.807, 2.05) is 0 Å². The first-order valence-electron chi connectivity index (χ1n) is 5.09. The second-order valence-corrected chi connectivity index (χ2v) is 4.25. The molecule has 0 heterocycles. The lowest BCUT2D eigenvalue weighted by molar-refractivity contribution is -0.113. The summed E-state index contributed by atoms with van der Waals surface area (Å²) in [6.07, 6.45) is 0. The van der Waals surface area contributed by atoms with E-state index in [-0.39, 0.29) is 5.91 Å². The first kappa shape index (κ1) is 14.3. The molecule has 1 rings (SSSR count). The van der Waals surface area contributed by atoms with Gasteiger partial charge in [0.05, 0.1) is 18.4 Å². The van der Waals surface area contributed by atoms with Crippen LogP contribution in [0.25, 0.3) is 0 Å². The SMILES string of the molecule is CC#CC(=O)N(C)c1ccc(C(=O)OC)cc1Br. The molecule has 0 unspecified atom stereocenters. The molecular weight excluding hydrogens is 298 g/mol. The zero-order valence-corrected chi connectivity index (χ0v) is 11.9. The Hall–Kier alpha value is -1.80. The summed E-state index contributed by atoms with van der Waals surface area (Å²) in [5.41, 5.74) is 1.05. The van der Waals surface area contributed by atoms with Crippen molar-refractivity contribution in [3.8, 4) is 11.8 Å². The monoisotopic (exact) mass is 309 g/mol. The molecule has 94 valence electrons. The lowest BCUT2D eigenvalue weighted by Gasteiger charge is -2.16. The number of carbonyl (C=O) groups is 2. The van der Waals surface area contributed by atoms with Crippen LogP contribution in [0.5, 0.6) is 0 Å². The quantitative estimate of drug-likeness (QED) is 0.621. The van der Waals surface area contributed by atoms with Gasteiger partial charge in [-0.3, -0.25) is 4.79 Å². The van der Waals surface area contributed by atoms with Crippen molar-refractivity contribution in [3.63, 3.8) is 0 Å². The van der Waals surface area contributed by atoms with Crippen molar-refractivity contribution >= 4 is 33.5 Å². The fraction of sp³-hybridized carbons (Fsp3) is 0.231. The van der Waals surface area contributed by atoms with Gasteiger partial charge in [0.15, 0.2) is 0 Å². The normalized spacial score (nSPS) is 9.11.